The first-order valence-corrected chi connectivity index (χ1v) is 8.99. The molecule has 3 rings (SSSR count). The van der Waals surface area contributed by atoms with Gasteiger partial charge in [0.25, 0.3) is 0 Å². The number of aryl methyl sites for hydroxylation is 2. The highest BCUT2D eigenvalue weighted by molar-refractivity contribution is 7.99. The summed E-state index contributed by atoms with van der Waals surface area (Å²) >= 11 is 1.37. The number of carbonyl (C=O) groups excluding carboxylic acids is 1. The van der Waals surface area contributed by atoms with Gasteiger partial charge in [-0.2, -0.15) is 0 Å². The van der Waals surface area contributed by atoms with E-state index in [1.54, 1.807) is 0 Å². The molecule has 2 aromatic carbocycles. The van der Waals surface area contributed by atoms with Gasteiger partial charge in [0.15, 0.2) is 0 Å². The van der Waals surface area contributed by atoms with Crippen LogP contribution < -0.4 is 5.32 Å². The van der Waals surface area contributed by atoms with Crippen molar-refractivity contribution in [2.75, 3.05) is 11.1 Å². The highest BCUT2D eigenvalue weighted by Gasteiger charge is 2.07. The van der Waals surface area contributed by atoms with E-state index >= 15 is 0 Å². The molecule has 0 bridgehead atoms. The minimum atomic E-state index is -0.0519. The number of benzene rings is 2. The molecule has 0 radical (unpaired) electrons. The molecule has 3 aromatic rings. The lowest BCUT2D eigenvalue weighted by Crippen LogP contribution is -2.14. The molecule has 5 heteroatoms. The maximum absolute atomic E-state index is 12.1. The average molecular weight is 349 g/mol. The fourth-order valence-electron chi connectivity index (χ4n) is 2.54. The zero-order valence-electron chi connectivity index (χ0n) is 14.2. The van der Waals surface area contributed by atoms with Crippen LogP contribution in [0.25, 0.3) is 11.3 Å². The molecular weight excluding hydrogens is 330 g/mol. The predicted molar refractivity (Wildman–Crippen MR) is 103 cm³/mol. The Morgan fingerprint density at radius 3 is 2.32 bits per heavy atom. The van der Waals surface area contributed by atoms with Crippen LogP contribution in [0.3, 0.4) is 0 Å². The summed E-state index contributed by atoms with van der Waals surface area (Å²) in [7, 11) is 0. The molecule has 0 unspecified atom stereocenters. The van der Waals surface area contributed by atoms with Crippen molar-refractivity contribution in [2.24, 2.45) is 0 Å². The third kappa shape index (κ3) is 4.90. The van der Waals surface area contributed by atoms with E-state index in [9.17, 15) is 4.79 Å². The minimum absolute atomic E-state index is 0.0519. The lowest BCUT2D eigenvalue weighted by Gasteiger charge is -2.07. The molecule has 25 heavy (non-hydrogen) atoms. The first-order valence-electron chi connectivity index (χ1n) is 8.00. The summed E-state index contributed by atoms with van der Waals surface area (Å²) in [4.78, 5) is 12.1. The predicted octanol–water partition coefficient (Wildman–Crippen LogP) is 4.49. The minimum Gasteiger partial charge on any atom is -0.325 e. The van der Waals surface area contributed by atoms with Crippen molar-refractivity contribution < 1.29 is 4.79 Å². The van der Waals surface area contributed by atoms with Gasteiger partial charge in [0, 0.05) is 11.3 Å². The molecule has 0 fully saturated rings. The van der Waals surface area contributed by atoms with Gasteiger partial charge in [-0.3, -0.25) is 4.79 Å². The Balaban J connectivity index is 1.57. The summed E-state index contributed by atoms with van der Waals surface area (Å²) in [5.41, 5.74) is 4.94. The molecule has 0 saturated carbocycles. The smallest absolute Gasteiger partial charge is 0.234 e. The van der Waals surface area contributed by atoms with Crippen molar-refractivity contribution in [3.8, 4) is 11.3 Å². The van der Waals surface area contributed by atoms with Crippen molar-refractivity contribution >= 4 is 23.4 Å². The Hall–Kier alpha value is -2.66. The molecule has 0 spiro atoms. The highest BCUT2D eigenvalue weighted by Crippen LogP contribution is 2.20. The Labute approximate surface area is 151 Å². The second kappa shape index (κ2) is 7.94. The molecule has 0 saturated heterocycles. The molecule has 1 heterocycles. The molecule has 0 aliphatic heterocycles. The van der Waals surface area contributed by atoms with Crippen LogP contribution in [0.5, 0.6) is 0 Å². The van der Waals surface area contributed by atoms with E-state index in [-0.39, 0.29) is 5.91 Å². The second-order valence-corrected chi connectivity index (χ2v) is 6.83. The molecule has 0 aliphatic carbocycles. The maximum atomic E-state index is 12.1. The van der Waals surface area contributed by atoms with Crippen molar-refractivity contribution in [3.05, 3.63) is 71.8 Å². The Morgan fingerprint density at radius 2 is 1.68 bits per heavy atom. The van der Waals surface area contributed by atoms with Crippen LogP contribution in [-0.2, 0) is 4.79 Å². The highest BCUT2D eigenvalue weighted by atomic mass is 32.2. The van der Waals surface area contributed by atoms with Gasteiger partial charge in [-0.25, -0.2) is 0 Å². The summed E-state index contributed by atoms with van der Waals surface area (Å²) in [6.45, 7) is 4.03. The summed E-state index contributed by atoms with van der Waals surface area (Å²) < 4.78 is 0. The van der Waals surface area contributed by atoms with Crippen LogP contribution in [0.15, 0.2) is 65.7 Å². The zero-order chi connectivity index (χ0) is 17.6. The van der Waals surface area contributed by atoms with Gasteiger partial charge in [0.2, 0.25) is 5.91 Å². The lowest BCUT2D eigenvalue weighted by atomic mass is 10.1. The summed E-state index contributed by atoms with van der Waals surface area (Å²) in [5.74, 6) is 0.246. The molecule has 1 N–H and O–H groups in total. The molecule has 0 aliphatic rings. The Kier molecular flexibility index (Phi) is 5.46. The van der Waals surface area contributed by atoms with Crippen LogP contribution in [0.2, 0.25) is 0 Å². The first-order chi connectivity index (χ1) is 12.1. The van der Waals surface area contributed by atoms with Crippen LogP contribution in [0.1, 0.15) is 11.1 Å². The van der Waals surface area contributed by atoms with E-state index in [0.717, 1.165) is 33.1 Å². The SMILES string of the molecule is Cc1cc(C)cc(NC(=O)CSc2ccc(-c3ccccc3)nn2)c1. The van der Waals surface area contributed by atoms with Crippen LogP contribution in [0.4, 0.5) is 5.69 Å². The number of anilines is 1. The number of hydrogen-bond donors (Lipinski definition) is 1. The van der Waals surface area contributed by atoms with Crippen LogP contribution in [0, 0.1) is 13.8 Å². The number of carbonyl (C=O) groups is 1. The number of hydrogen-bond acceptors (Lipinski definition) is 4. The van der Waals surface area contributed by atoms with Gasteiger partial charge in [-0.15, -0.1) is 10.2 Å². The zero-order valence-corrected chi connectivity index (χ0v) is 15.0. The van der Waals surface area contributed by atoms with E-state index in [1.165, 1.54) is 11.8 Å². The van der Waals surface area contributed by atoms with E-state index in [1.807, 2.05) is 68.4 Å². The molecular formula is C20H19N3OS. The van der Waals surface area contributed by atoms with E-state index in [2.05, 4.69) is 21.6 Å². The normalized spacial score (nSPS) is 10.5. The van der Waals surface area contributed by atoms with Gasteiger partial charge in [0.1, 0.15) is 5.03 Å². The number of aromatic nitrogens is 2. The fourth-order valence-corrected chi connectivity index (χ4v) is 3.16. The second-order valence-electron chi connectivity index (χ2n) is 5.84. The van der Waals surface area contributed by atoms with E-state index < -0.39 is 0 Å². The number of nitrogens with one attached hydrogen (secondary N) is 1. The summed E-state index contributed by atoms with van der Waals surface area (Å²) in [5, 5.41) is 12.1. The van der Waals surface area contributed by atoms with Gasteiger partial charge in [-0.05, 0) is 49.2 Å². The van der Waals surface area contributed by atoms with Crippen LogP contribution >= 0.6 is 11.8 Å². The van der Waals surface area contributed by atoms with Crippen LogP contribution in [-0.4, -0.2) is 21.9 Å². The van der Waals surface area contributed by atoms with Crippen molar-refractivity contribution in [1.82, 2.24) is 10.2 Å². The number of thioether (sulfide) groups is 1. The van der Waals surface area contributed by atoms with Crippen molar-refractivity contribution in [1.29, 1.82) is 0 Å². The van der Waals surface area contributed by atoms with E-state index in [0.29, 0.717) is 5.75 Å². The quantitative estimate of drug-likeness (QED) is 0.690. The lowest BCUT2D eigenvalue weighted by molar-refractivity contribution is -0.113. The fraction of sp³-hybridized carbons (Fsp3) is 0.150. The van der Waals surface area contributed by atoms with Crippen molar-refractivity contribution in [2.45, 2.75) is 18.9 Å². The molecule has 0 atom stereocenters. The summed E-state index contributed by atoms with van der Waals surface area (Å²) in [6, 6.07) is 19.7. The van der Waals surface area contributed by atoms with Gasteiger partial charge in [0.05, 0.1) is 11.4 Å². The maximum Gasteiger partial charge on any atom is 0.234 e. The largest absolute Gasteiger partial charge is 0.325 e. The van der Waals surface area contributed by atoms with Gasteiger partial charge < -0.3 is 5.32 Å². The third-order valence-electron chi connectivity index (χ3n) is 3.57. The number of rotatable bonds is 5. The number of amides is 1. The molecule has 1 amide bonds. The molecule has 4 nitrogen and oxygen atoms in total. The summed E-state index contributed by atoms with van der Waals surface area (Å²) in [6.07, 6.45) is 0. The average Bonchev–Trinajstić information content (AvgIpc) is 2.60. The Bertz CT molecular complexity index is 844. The van der Waals surface area contributed by atoms with Gasteiger partial charge >= 0.3 is 0 Å². The first kappa shape index (κ1) is 17.2. The molecule has 1 aromatic heterocycles. The topological polar surface area (TPSA) is 54.9 Å². The molecule has 126 valence electrons. The monoisotopic (exact) mass is 349 g/mol. The van der Waals surface area contributed by atoms with Gasteiger partial charge in [-0.1, -0.05) is 48.2 Å². The number of nitrogens with zero attached hydrogens (tertiary/aromatic N) is 2. The Morgan fingerprint density at radius 1 is 0.960 bits per heavy atom. The van der Waals surface area contributed by atoms with Crippen molar-refractivity contribution in [3.63, 3.8) is 0 Å². The standard InChI is InChI=1S/C20H19N3OS/c1-14-10-15(2)12-17(11-14)21-19(24)13-25-20-9-8-18(22-23-20)16-6-4-3-5-7-16/h3-12H,13H2,1-2H3,(H,21,24). The van der Waals surface area contributed by atoms with E-state index in [4.69, 9.17) is 0 Å². The third-order valence-corrected chi connectivity index (χ3v) is 4.49.